The molecule has 1 amide bonds. The number of rotatable bonds is 4. The molecule has 1 saturated heterocycles. The van der Waals surface area contributed by atoms with Crippen molar-refractivity contribution in [3.63, 3.8) is 0 Å². The lowest BCUT2D eigenvalue weighted by Gasteiger charge is -2.20. The van der Waals surface area contributed by atoms with Crippen molar-refractivity contribution in [3.8, 4) is 11.1 Å². The zero-order valence-corrected chi connectivity index (χ0v) is 18.4. The molecule has 3 aromatic rings. The first-order valence-corrected chi connectivity index (χ1v) is 10.6. The van der Waals surface area contributed by atoms with E-state index in [-0.39, 0.29) is 22.9 Å². The van der Waals surface area contributed by atoms with Crippen molar-refractivity contribution in [2.24, 2.45) is 7.05 Å². The molecule has 3 heterocycles. The fraction of sp³-hybridized carbons (Fsp3) is 0.320. The molecule has 0 saturated carbocycles. The van der Waals surface area contributed by atoms with Gasteiger partial charge in [-0.25, -0.2) is 0 Å². The van der Waals surface area contributed by atoms with Gasteiger partial charge in [-0.2, -0.15) is 5.10 Å². The van der Waals surface area contributed by atoms with E-state index in [0.717, 1.165) is 28.8 Å². The smallest absolute Gasteiger partial charge is 0.256 e. The van der Waals surface area contributed by atoms with Crippen LogP contribution in [0.15, 0.2) is 59.7 Å². The van der Waals surface area contributed by atoms with E-state index in [1.54, 1.807) is 10.9 Å². The van der Waals surface area contributed by atoms with Crippen LogP contribution in [0.1, 0.15) is 50.4 Å². The number of nitrogens with zero attached hydrogens (tertiary/aromatic N) is 2. The summed E-state index contributed by atoms with van der Waals surface area (Å²) in [6.45, 7) is 6.55. The first-order valence-electron chi connectivity index (χ1n) is 10.6. The number of carbonyl (C=O) groups excluding carboxylic acids is 1. The number of hydrogen-bond acceptors (Lipinski definition) is 3. The molecular formula is C25H28N4O2. The first-order chi connectivity index (χ1) is 14.7. The molecule has 160 valence electrons. The number of aromatic amines is 1. The summed E-state index contributed by atoms with van der Waals surface area (Å²) in [5.74, 6) is 0.0594. The quantitative estimate of drug-likeness (QED) is 0.679. The molecule has 1 atom stereocenters. The number of nitrogens with one attached hydrogen (secondary N) is 2. The molecule has 4 rings (SSSR count). The van der Waals surface area contributed by atoms with Crippen LogP contribution in [0.5, 0.6) is 0 Å². The fourth-order valence-corrected chi connectivity index (χ4v) is 3.87. The molecule has 31 heavy (non-hydrogen) atoms. The summed E-state index contributed by atoms with van der Waals surface area (Å²) in [6, 6.07) is 12.1. The molecule has 6 heteroatoms. The second kappa shape index (κ2) is 8.02. The second-order valence-electron chi connectivity index (χ2n) is 9.14. The molecule has 0 spiro atoms. The van der Waals surface area contributed by atoms with Crippen LogP contribution in [0.3, 0.4) is 0 Å². The summed E-state index contributed by atoms with van der Waals surface area (Å²) in [5, 5.41) is 7.15. The number of amides is 1. The van der Waals surface area contributed by atoms with Crippen molar-refractivity contribution in [3.05, 3.63) is 82.0 Å². The van der Waals surface area contributed by atoms with Crippen LogP contribution in [0.25, 0.3) is 16.7 Å². The summed E-state index contributed by atoms with van der Waals surface area (Å²) < 4.78 is 1.67. The second-order valence-corrected chi connectivity index (χ2v) is 9.14. The predicted molar refractivity (Wildman–Crippen MR) is 123 cm³/mol. The summed E-state index contributed by atoms with van der Waals surface area (Å²) in [6.07, 6.45) is 6.82. The maximum atomic E-state index is 12.9. The number of hydrogen-bond donors (Lipinski definition) is 2. The highest BCUT2D eigenvalue weighted by Crippen LogP contribution is 2.28. The Kier molecular flexibility index (Phi) is 5.39. The van der Waals surface area contributed by atoms with Crippen LogP contribution in [0, 0.1) is 0 Å². The number of aromatic nitrogens is 3. The standard InChI is InChI=1S/C25H28N4O2/c1-25(2,3)18-7-5-16(6-8-18)21(13-19-9-12-23(30)27-19)22-11-10-20(24(31)28-22)17-14-26-29(4)15-17/h5-8,10-11,13-15,19H,9,12H2,1-4H3,(H,27,30)(H,28,31)/b21-13-/t19-/m1/s1. The fourth-order valence-electron chi connectivity index (χ4n) is 3.87. The predicted octanol–water partition coefficient (Wildman–Crippen LogP) is 3.78. The van der Waals surface area contributed by atoms with E-state index in [2.05, 4.69) is 60.4 Å². The highest BCUT2D eigenvalue weighted by atomic mass is 16.2. The average Bonchev–Trinajstić information content (AvgIpc) is 3.33. The van der Waals surface area contributed by atoms with Crippen LogP contribution in [-0.2, 0) is 17.3 Å². The zero-order chi connectivity index (χ0) is 22.2. The maximum Gasteiger partial charge on any atom is 0.256 e. The van der Waals surface area contributed by atoms with Gasteiger partial charge in [-0.05, 0) is 35.1 Å². The molecule has 0 radical (unpaired) electrons. The van der Waals surface area contributed by atoms with Gasteiger partial charge in [0.2, 0.25) is 5.91 Å². The summed E-state index contributed by atoms with van der Waals surface area (Å²) in [5.41, 5.74) is 5.11. The largest absolute Gasteiger partial charge is 0.350 e. The highest BCUT2D eigenvalue weighted by molar-refractivity contribution is 5.82. The molecule has 1 fully saturated rings. The van der Waals surface area contributed by atoms with E-state index in [1.165, 1.54) is 5.56 Å². The maximum absolute atomic E-state index is 12.9. The van der Waals surface area contributed by atoms with E-state index in [0.29, 0.717) is 12.0 Å². The van der Waals surface area contributed by atoms with Crippen LogP contribution in [-0.4, -0.2) is 26.7 Å². The van der Waals surface area contributed by atoms with Crippen LogP contribution in [0.4, 0.5) is 0 Å². The molecule has 1 aliphatic heterocycles. The van der Waals surface area contributed by atoms with Gasteiger partial charge in [0.15, 0.2) is 0 Å². The molecule has 6 nitrogen and oxygen atoms in total. The molecule has 1 aromatic carbocycles. The third-order valence-electron chi connectivity index (χ3n) is 5.67. The first kappa shape index (κ1) is 20.8. The van der Waals surface area contributed by atoms with Gasteiger partial charge in [0.05, 0.1) is 11.8 Å². The van der Waals surface area contributed by atoms with Gasteiger partial charge in [-0.3, -0.25) is 14.3 Å². The molecule has 2 aromatic heterocycles. The molecule has 0 bridgehead atoms. The minimum absolute atomic E-state index is 0.0497. The Morgan fingerprint density at radius 1 is 1.13 bits per heavy atom. The van der Waals surface area contributed by atoms with Crippen molar-refractivity contribution < 1.29 is 4.79 Å². The highest BCUT2D eigenvalue weighted by Gasteiger charge is 2.21. The van der Waals surface area contributed by atoms with Crippen molar-refractivity contribution in [1.29, 1.82) is 0 Å². The van der Waals surface area contributed by atoms with Crippen LogP contribution < -0.4 is 10.9 Å². The van der Waals surface area contributed by atoms with Gasteiger partial charge in [0, 0.05) is 42.5 Å². The third-order valence-corrected chi connectivity index (χ3v) is 5.67. The Morgan fingerprint density at radius 3 is 2.42 bits per heavy atom. The number of H-pyrrole nitrogens is 1. The van der Waals surface area contributed by atoms with Gasteiger partial charge in [0.1, 0.15) is 0 Å². The minimum atomic E-state index is -0.168. The molecular weight excluding hydrogens is 388 g/mol. The lowest BCUT2D eigenvalue weighted by Crippen LogP contribution is -2.23. The Balaban J connectivity index is 1.76. The number of carbonyl (C=O) groups is 1. The third kappa shape index (κ3) is 4.53. The average molecular weight is 417 g/mol. The molecule has 0 unspecified atom stereocenters. The van der Waals surface area contributed by atoms with Crippen molar-refractivity contribution >= 4 is 11.5 Å². The Hall–Kier alpha value is -3.41. The molecule has 1 aliphatic rings. The lowest BCUT2D eigenvalue weighted by molar-refractivity contribution is -0.119. The Bertz CT molecular complexity index is 1190. The monoisotopic (exact) mass is 416 g/mol. The van der Waals surface area contributed by atoms with Gasteiger partial charge in [-0.1, -0.05) is 51.1 Å². The minimum Gasteiger partial charge on any atom is -0.350 e. The Morgan fingerprint density at radius 2 is 1.87 bits per heavy atom. The topological polar surface area (TPSA) is 79.8 Å². The van der Waals surface area contributed by atoms with Gasteiger partial charge in [-0.15, -0.1) is 0 Å². The lowest BCUT2D eigenvalue weighted by atomic mass is 9.86. The van der Waals surface area contributed by atoms with E-state index in [1.807, 2.05) is 31.5 Å². The Labute approximate surface area is 182 Å². The van der Waals surface area contributed by atoms with E-state index >= 15 is 0 Å². The SMILES string of the molecule is Cn1cc(-c2ccc(/C(=C\[C@H]3CCC(=O)N3)c3ccc(C(C)(C)C)cc3)[nH]c2=O)cn1. The zero-order valence-electron chi connectivity index (χ0n) is 18.4. The number of aryl methyl sites for hydroxylation is 1. The van der Waals surface area contributed by atoms with E-state index in [4.69, 9.17) is 0 Å². The van der Waals surface area contributed by atoms with Crippen molar-refractivity contribution in [2.75, 3.05) is 0 Å². The summed E-state index contributed by atoms with van der Waals surface area (Å²) in [7, 11) is 1.82. The summed E-state index contributed by atoms with van der Waals surface area (Å²) >= 11 is 0. The molecule has 2 N–H and O–H groups in total. The van der Waals surface area contributed by atoms with E-state index < -0.39 is 0 Å². The number of benzene rings is 1. The van der Waals surface area contributed by atoms with Crippen LogP contribution in [0.2, 0.25) is 0 Å². The molecule has 0 aliphatic carbocycles. The van der Waals surface area contributed by atoms with Crippen molar-refractivity contribution in [2.45, 2.75) is 45.1 Å². The van der Waals surface area contributed by atoms with E-state index in [9.17, 15) is 9.59 Å². The number of pyridine rings is 1. The van der Waals surface area contributed by atoms with Crippen molar-refractivity contribution in [1.82, 2.24) is 20.1 Å². The summed E-state index contributed by atoms with van der Waals surface area (Å²) in [4.78, 5) is 27.6. The van der Waals surface area contributed by atoms with Gasteiger partial charge >= 0.3 is 0 Å². The van der Waals surface area contributed by atoms with Gasteiger partial charge < -0.3 is 10.3 Å². The van der Waals surface area contributed by atoms with Crippen LogP contribution >= 0.6 is 0 Å². The normalized spacial score (nSPS) is 17.1. The van der Waals surface area contributed by atoms with Gasteiger partial charge in [0.25, 0.3) is 5.56 Å².